The Balaban J connectivity index is 2.06. The van der Waals surface area contributed by atoms with Crippen LogP contribution in [0.3, 0.4) is 0 Å². The van der Waals surface area contributed by atoms with E-state index in [1.807, 2.05) is 0 Å². The first-order chi connectivity index (χ1) is 7.15. The molecule has 1 atom stereocenters. The van der Waals surface area contributed by atoms with E-state index in [4.69, 9.17) is 5.73 Å². The van der Waals surface area contributed by atoms with Crippen molar-refractivity contribution >= 4 is 54.5 Å². The molecule has 2 N–H and O–H groups in total. The minimum Gasteiger partial charge on any atom is -0.324 e. The molecular weight excluding hydrogens is 358 g/mol. The van der Waals surface area contributed by atoms with E-state index in [1.54, 1.807) is 22.7 Å². The van der Waals surface area contributed by atoms with Gasteiger partial charge < -0.3 is 5.73 Å². The second-order valence-corrected chi connectivity index (χ2v) is 7.43. The smallest absolute Gasteiger partial charge is 0.0701 e. The Hall–Kier alpha value is 0.320. The van der Waals surface area contributed by atoms with E-state index in [1.165, 1.54) is 10.4 Å². The van der Waals surface area contributed by atoms with Gasteiger partial charge in [0.25, 0.3) is 0 Å². The summed E-state index contributed by atoms with van der Waals surface area (Å²) in [5.74, 6) is 0. The lowest BCUT2D eigenvalue weighted by Gasteiger charge is -2.07. The van der Waals surface area contributed by atoms with Crippen molar-refractivity contribution in [2.24, 2.45) is 5.73 Å². The predicted octanol–water partition coefficient (Wildman–Crippen LogP) is 4.58. The lowest BCUT2D eigenvalue weighted by molar-refractivity contribution is 0.733. The lowest BCUT2D eigenvalue weighted by Crippen LogP contribution is -2.11. The van der Waals surface area contributed by atoms with Gasteiger partial charge in [-0.15, -0.1) is 22.7 Å². The molecule has 2 rings (SSSR count). The Labute approximate surface area is 114 Å². The van der Waals surface area contributed by atoms with E-state index >= 15 is 0 Å². The van der Waals surface area contributed by atoms with Gasteiger partial charge in [0.1, 0.15) is 0 Å². The number of nitrogens with two attached hydrogens (primary N) is 1. The van der Waals surface area contributed by atoms with E-state index in [0.717, 1.165) is 14.7 Å². The predicted molar refractivity (Wildman–Crippen MR) is 74.7 cm³/mol. The minimum absolute atomic E-state index is 0.0955. The average molecular weight is 367 g/mol. The van der Waals surface area contributed by atoms with Gasteiger partial charge in [-0.05, 0) is 54.9 Å². The van der Waals surface area contributed by atoms with Crippen LogP contribution in [0.5, 0.6) is 0 Å². The lowest BCUT2D eigenvalue weighted by atomic mass is 10.1. The highest BCUT2D eigenvalue weighted by Crippen LogP contribution is 2.28. The fourth-order valence-corrected chi connectivity index (χ4v) is 4.06. The summed E-state index contributed by atoms with van der Waals surface area (Å²) >= 11 is 10.3. The molecule has 15 heavy (non-hydrogen) atoms. The number of hydrogen-bond donors (Lipinski definition) is 1. The molecule has 0 radical (unpaired) electrons. The van der Waals surface area contributed by atoms with Gasteiger partial charge in [-0.1, -0.05) is 0 Å². The average Bonchev–Trinajstić information content (AvgIpc) is 2.75. The van der Waals surface area contributed by atoms with Crippen LogP contribution < -0.4 is 5.73 Å². The molecule has 0 aliphatic heterocycles. The number of hydrogen-bond acceptors (Lipinski definition) is 3. The number of halogens is 2. The highest BCUT2D eigenvalue weighted by atomic mass is 79.9. The Morgan fingerprint density at radius 1 is 1.20 bits per heavy atom. The summed E-state index contributed by atoms with van der Waals surface area (Å²) in [6.45, 7) is 0. The van der Waals surface area contributed by atoms with Crippen LogP contribution in [0.15, 0.2) is 31.2 Å². The van der Waals surface area contributed by atoms with Crippen LogP contribution in [-0.4, -0.2) is 0 Å². The fraction of sp³-hybridized carbons (Fsp3) is 0.200. The molecule has 0 aromatic carbocycles. The van der Waals surface area contributed by atoms with Crippen molar-refractivity contribution in [1.29, 1.82) is 0 Å². The zero-order valence-electron chi connectivity index (χ0n) is 7.74. The van der Waals surface area contributed by atoms with Crippen LogP contribution in [0.4, 0.5) is 0 Å². The summed E-state index contributed by atoms with van der Waals surface area (Å²) in [5.41, 5.74) is 7.33. The van der Waals surface area contributed by atoms with Crippen molar-refractivity contribution < 1.29 is 0 Å². The van der Waals surface area contributed by atoms with Crippen molar-refractivity contribution in [2.75, 3.05) is 0 Å². The number of thiophene rings is 2. The van der Waals surface area contributed by atoms with Crippen LogP contribution in [-0.2, 0) is 6.42 Å². The van der Waals surface area contributed by atoms with Crippen molar-refractivity contribution in [3.8, 4) is 0 Å². The molecule has 0 spiro atoms. The zero-order valence-corrected chi connectivity index (χ0v) is 12.5. The molecule has 0 saturated heterocycles. The third-order valence-corrected chi connectivity index (χ3v) is 5.30. The topological polar surface area (TPSA) is 26.0 Å². The molecule has 0 saturated carbocycles. The standard InChI is InChI=1S/C10H9Br2NS2/c11-7-2-8(14-5-7)3-9(13)6-1-10(12)15-4-6/h1-2,4-5,9H,3,13H2. The van der Waals surface area contributed by atoms with E-state index in [0.29, 0.717) is 0 Å². The van der Waals surface area contributed by atoms with Crippen LogP contribution >= 0.6 is 54.5 Å². The Morgan fingerprint density at radius 3 is 2.53 bits per heavy atom. The molecule has 2 aromatic rings. The SMILES string of the molecule is NC(Cc1cc(Br)cs1)c1csc(Br)c1. The maximum absolute atomic E-state index is 6.13. The molecule has 2 heterocycles. The third kappa shape index (κ3) is 3.14. The highest BCUT2D eigenvalue weighted by Gasteiger charge is 2.10. The van der Waals surface area contributed by atoms with E-state index < -0.39 is 0 Å². The van der Waals surface area contributed by atoms with Crippen molar-refractivity contribution in [2.45, 2.75) is 12.5 Å². The third-order valence-electron chi connectivity index (χ3n) is 2.06. The molecule has 0 aliphatic rings. The molecule has 2 aromatic heterocycles. The number of rotatable bonds is 3. The molecule has 0 amide bonds. The summed E-state index contributed by atoms with van der Waals surface area (Å²) in [4.78, 5) is 1.32. The van der Waals surface area contributed by atoms with Crippen molar-refractivity contribution in [3.63, 3.8) is 0 Å². The minimum atomic E-state index is 0.0955. The quantitative estimate of drug-likeness (QED) is 0.845. The summed E-state index contributed by atoms with van der Waals surface area (Å²) in [7, 11) is 0. The highest BCUT2D eigenvalue weighted by molar-refractivity contribution is 9.11. The van der Waals surface area contributed by atoms with Gasteiger partial charge in [0.05, 0.1) is 3.79 Å². The van der Waals surface area contributed by atoms with Gasteiger partial charge in [0.15, 0.2) is 0 Å². The monoisotopic (exact) mass is 365 g/mol. The first kappa shape index (κ1) is 11.8. The first-order valence-electron chi connectivity index (χ1n) is 4.37. The second-order valence-electron chi connectivity index (χ2n) is 3.23. The van der Waals surface area contributed by atoms with Crippen molar-refractivity contribution in [3.05, 3.63) is 41.6 Å². The molecule has 1 nitrogen and oxygen atoms in total. The van der Waals surface area contributed by atoms with Gasteiger partial charge in [-0.2, -0.15) is 0 Å². The molecule has 0 aliphatic carbocycles. The zero-order chi connectivity index (χ0) is 10.8. The van der Waals surface area contributed by atoms with Gasteiger partial charge >= 0.3 is 0 Å². The summed E-state index contributed by atoms with van der Waals surface area (Å²) in [6, 6.07) is 4.32. The summed E-state index contributed by atoms with van der Waals surface area (Å²) in [6.07, 6.45) is 0.902. The maximum atomic E-state index is 6.13. The van der Waals surface area contributed by atoms with E-state index in [9.17, 15) is 0 Å². The van der Waals surface area contributed by atoms with E-state index in [2.05, 4.69) is 54.8 Å². The first-order valence-corrected chi connectivity index (χ1v) is 7.72. The molecular formula is C10H9Br2NS2. The van der Waals surface area contributed by atoms with Crippen LogP contribution in [0.1, 0.15) is 16.5 Å². The van der Waals surface area contributed by atoms with Crippen molar-refractivity contribution in [1.82, 2.24) is 0 Å². The normalized spacial score (nSPS) is 13.0. The van der Waals surface area contributed by atoms with Gasteiger partial charge in [0.2, 0.25) is 0 Å². The molecule has 0 bridgehead atoms. The van der Waals surface area contributed by atoms with Gasteiger partial charge in [-0.25, -0.2) is 0 Å². The second kappa shape index (κ2) is 5.10. The Kier molecular flexibility index (Phi) is 4.01. The summed E-state index contributed by atoms with van der Waals surface area (Å²) in [5, 5.41) is 4.20. The molecule has 80 valence electrons. The largest absolute Gasteiger partial charge is 0.324 e. The van der Waals surface area contributed by atoms with Gasteiger partial charge in [-0.3, -0.25) is 0 Å². The molecule has 5 heteroatoms. The Morgan fingerprint density at radius 2 is 2.00 bits per heavy atom. The van der Waals surface area contributed by atoms with E-state index in [-0.39, 0.29) is 6.04 Å². The summed E-state index contributed by atoms with van der Waals surface area (Å²) < 4.78 is 2.28. The Bertz CT molecular complexity index is 450. The van der Waals surface area contributed by atoms with Crippen LogP contribution in [0, 0.1) is 0 Å². The van der Waals surface area contributed by atoms with Crippen LogP contribution in [0.25, 0.3) is 0 Å². The fourth-order valence-electron chi connectivity index (χ4n) is 1.31. The van der Waals surface area contributed by atoms with Crippen LogP contribution in [0.2, 0.25) is 0 Å². The maximum Gasteiger partial charge on any atom is 0.0701 e. The molecule has 0 fully saturated rings. The van der Waals surface area contributed by atoms with Gasteiger partial charge in [0, 0.05) is 27.2 Å². The molecule has 1 unspecified atom stereocenters.